The van der Waals surface area contributed by atoms with Crippen LogP contribution in [0.3, 0.4) is 0 Å². The van der Waals surface area contributed by atoms with Gasteiger partial charge in [-0.1, -0.05) is 19.3 Å². The molecule has 0 aromatic heterocycles. The Hall–Kier alpha value is -1.10. The van der Waals surface area contributed by atoms with Gasteiger partial charge >= 0.3 is 0 Å². The molecule has 112 valence electrons. The van der Waals surface area contributed by atoms with E-state index in [1.54, 1.807) is 0 Å². The van der Waals surface area contributed by atoms with Crippen molar-refractivity contribution in [1.29, 1.82) is 0 Å². The maximum atomic E-state index is 12.9. The van der Waals surface area contributed by atoms with Crippen LogP contribution in [0.4, 0.5) is 0 Å². The molecule has 0 aromatic carbocycles. The van der Waals surface area contributed by atoms with Crippen molar-refractivity contribution in [3.8, 4) is 0 Å². The molecule has 3 fully saturated rings. The van der Waals surface area contributed by atoms with Crippen LogP contribution >= 0.6 is 0 Å². The number of fused-ring (bicyclic) bond motifs is 1. The van der Waals surface area contributed by atoms with Crippen LogP contribution in [0.1, 0.15) is 44.9 Å². The summed E-state index contributed by atoms with van der Waals surface area (Å²) in [5.74, 6) is 0.296. The number of hydrogen-bond acceptors (Lipinski definition) is 3. The fourth-order valence-electron chi connectivity index (χ4n) is 4.08. The molecular formula is C15H25N3O2. The number of carbonyl (C=O) groups is 2. The lowest BCUT2D eigenvalue weighted by Crippen LogP contribution is -2.53. The molecule has 0 radical (unpaired) electrons. The van der Waals surface area contributed by atoms with Gasteiger partial charge < -0.3 is 16.0 Å². The quantitative estimate of drug-likeness (QED) is 0.691. The van der Waals surface area contributed by atoms with Crippen molar-refractivity contribution >= 4 is 11.8 Å². The van der Waals surface area contributed by atoms with Gasteiger partial charge in [-0.05, 0) is 25.7 Å². The van der Waals surface area contributed by atoms with Gasteiger partial charge in [0.2, 0.25) is 11.8 Å². The number of nitrogens with zero attached hydrogens (tertiary/aromatic N) is 1. The predicted octanol–water partition coefficient (Wildman–Crippen LogP) is 0.631. The first kappa shape index (κ1) is 13.9. The summed E-state index contributed by atoms with van der Waals surface area (Å²) in [6, 6.07) is 0.0645. The molecule has 3 rings (SSSR count). The van der Waals surface area contributed by atoms with Crippen molar-refractivity contribution < 1.29 is 9.59 Å². The summed E-state index contributed by atoms with van der Waals surface area (Å²) in [6.07, 6.45) is 7.13. The SMILES string of the molecule is NC1CCCCCC1C(=O)N1CCCC2C(=O)NCC21. The standard InChI is InChI=1S/C15H25N3O2/c16-12-7-3-1-2-5-10(12)15(20)18-8-4-6-11-13(18)9-17-14(11)19/h10-13H,1-9,16H2,(H,17,19). The second-order valence-corrected chi connectivity index (χ2v) is 6.50. The molecule has 5 nitrogen and oxygen atoms in total. The summed E-state index contributed by atoms with van der Waals surface area (Å²) in [7, 11) is 0. The summed E-state index contributed by atoms with van der Waals surface area (Å²) >= 11 is 0. The number of nitrogens with one attached hydrogen (secondary N) is 1. The Morgan fingerprint density at radius 3 is 2.80 bits per heavy atom. The van der Waals surface area contributed by atoms with E-state index < -0.39 is 0 Å². The monoisotopic (exact) mass is 279 g/mol. The van der Waals surface area contributed by atoms with Crippen LogP contribution in [-0.4, -0.2) is 41.9 Å². The topological polar surface area (TPSA) is 75.4 Å². The average molecular weight is 279 g/mol. The van der Waals surface area contributed by atoms with Gasteiger partial charge in [0, 0.05) is 19.1 Å². The van der Waals surface area contributed by atoms with E-state index in [0.29, 0.717) is 6.54 Å². The number of amides is 2. The normalized spacial score (nSPS) is 38.0. The van der Waals surface area contributed by atoms with E-state index in [1.165, 1.54) is 6.42 Å². The molecule has 0 aromatic rings. The number of carbonyl (C=O) groups excluding carboxylic acids is 2. The molecule has 2 heterocycles. The van der Waals surface area contributed by atoms with Gasteiger partial charge in [0.15, 0.2) is 0 Å². The zero-order chi connectivity index (χ0) is 14.1. The van der Waals surface area contributed by atoms with E-state index in [0.717, 1.165) is 45.1 Å². The number of nitrogens with two attached hydrogens (primary N) is 1. The Morgan fingerprint density at radius 1 is 1.15 bits per heavy atom. The molecule has 3 N–H and O–H groups in total. The van der Waals surface area contributed by atoms with Gasteiger partial charge in [0.1, 0.15) is 0 Å². The molecule has 2 amide bonds. The van der Waals surface area contributed by atoms with Gasteiger partial charge in [0.05, 0.1) is 17.9 Å². The zero-order valence-corrected chi connectivity index (χ0v) is 12.0. The zero-order valence-electron chi connectivity index (χ0n) is 12.0. The lowest BCUT2D eigenvalue weighted by molar-refractivity contribution is -0.141. The Morgan fingerprint density at radius 2 is 1.95 bits per heavy atom. The minimum atomic E-state index is -0.0352. The highest BCUT2D eigenvalue weighted by atomic mass is 16.2. The largest absolute Gasteiger partial charge is 0.354 e. The molecule has 2 aliphatic heterocycles. The molecule has 5 heteroatoms. The van der Waals surface area contributed by atoms with Gasteiger partial charge in [-0.2, -0.15) is 0 Å². The third-order valence-corrected chi connectivity index (χ3v) is 5.27. The number of rotatable bonds is 1. The molecule has 1 saturated carbocycles. The molecule has 20 heavy (non-hydrogen) atoms. The van der Waals surface area contributed by atoms with Crippen molar-refractivity contribution in [2.24, 2.45) is 17.6 Å². The van der Waals surface area contributed by atoms with Gasteiger partial charge in [0.25, 0.3) is 0 Å². The molecule has 2 saturated heterocycles. The summed E-state index contributed by atoms with van der Waals surface area (Å²) in [5, 5.41) is 2.91. The lowest BCUT2D eigenvalue weighted by atomic mass is 9.88. The molecule has 4 unspecified atom stereocenters. The van der Waals surface area contributed by atoms with E-state index in [1.807, 2.05) is 4.90 Å². The number of hydrogen-bond donors (Lipinski definition) is 2. The molecular weight excluding hydrogens is 254 g/mol. The fourth-order valence-corrected chi connectivity index (χ4v) is 4.08. The Bertz CT molecular complexity index is 399. The van der Waals surface area contributed by atoms with Crippen molar-refractivity contribution in [3.63, 3.8) is 0 Å². The van der Waals surface area contributed by atoms with Gasteiger partial charge in [-0.25, -0.2) is 0 Å². The van der Waals surface area contributed by atoms with E-state index in [2.05, 4.69) is 5.32 Å². The fraction of sp³-hybridized carbons (Fsp3) is 0.867. The van der Waals surface area contributed by atoms with Crippen molar-refractivity contribution in [3.05, 3.63) is 0 Å². The summed E-state index contributed by atoms with van der Waals surface area (Å²) in [5.41, 5.74) is 6.22. The smallest absolute Gasteiger partial charge is 0.227 e. The predicted molar refractivity (Wildman–Crippen MR) is 75.8 cm³/mol. The van der Waals surface area contributed by atoms with E-state index >= 15 is 0 Å². The lowest BCUT2D eigenvalue weighted by Gasteiger charge is -2.38. The Kier molecular flexibility index (Phi) is 3.96. The van der Waals surface area contributed by atoms with Crippen LogP contribution in [0.25, 0.3) is 0 Å². The highest BCUT2D eigenvalue weighted by Crippen LogP contribution is 2.31. The summed E-state index contributed by atoms with van der Waals surface area (Å²) in [6.45, 7) is 1.41. The number of piperidine rings is 1. The van der Waals surface area contributed by atoms with E-state index in [-0.39, 0.29) is 35.7 Å². The highest BCUT2D eigenvalue weighted by molar-refractivity contribution is 5.85. The first-order chi connectivity index (χ1) is 9.68. The third-order valence-electron chi connectivity index (χ3n) is 5.27. The van der Waals surface area contributed by atoms with Crippen molar-refractivity contribution in [1.82, 2.24) is 10.2 Å². The van der Waals surface area contributed by atoms with Crippen LogP contribution in [0.2, 0.25) is 0 Å². The molecule has 1 aliphatic carbocycles. The summed E-state index contributed by atoms with van der Waals surface area (Å²) < 4.78 is 0. The van der Waals surface area contributed by atoms with Gasteiger partial charge in [-0.3, -0.25) is 9.59 Å². The summed E-state index contributed by atoms with van der Waals surface area (Å²) in [4.78, 5) is 26.6. The van der Waals surface area contributed by atoms with Crippen LogP contribution in [0.5, 0.6) is 0 Å². The first-order valence-corrected chi connectivity index (χ1v) is 8.02. The van der Waals surface area contributed by atoms with Gasteiger partial charge in [-0.15, -0.1) is 0 Å². The minimum Gasteiger partial charge on any atom is -0.354 e. The Balaban J connectivity index is 1.73. The second-order valence-electron chi connectivity index (χ2n) is 6.50. The molecule has 0 spiro atoms. The van der Waals surface area contributed by atoms with Crippen molar-refractivity contribution in [2.45, 2.75) is 57.0 Å². The maximum Gasteiger partial charge on any atom is 0.227 e. The third kappa shape index (κ3) is 2.43. The van der Waals surface area contributed by atoms with Crippen molar-refractivity contribution in [2.75, 3.05) is 13.1 Å². The maximum absolute atomic E-state index is 12.9. The first-order valence-electron chi connectivity index (χ1n) is 8.02. The second kappa shape index (κ2) is 5.72. The highest BCUT2D eigenvalue weighted by Gasteiger charge is 2.44. The van der Waals surface area contributed by atoms with Crippen LogP contribution < -0.4 is 11.1 Å². The number of likely N-dealkylation sites (tertiary alicyclic amines) is 1. The van der Waals surface area contributed by atoms with Crippen LogP contribution in [-0.2, 0) is 9.59 Å². The Labute approximate surface area is 120 Å². The average Bonchev–Trinajstić information content (AvgIpc) is 2.70. The molecule has 3 aliphatic rings. The van der Waals surface area contributed by atoms with E-state index in [9.17, 15) is 9.59 Å². The molecule has 4 atom stereocenters. The van der Waals surface area contributed by atoms with E-state index in [4.69, 9.17) is 5.73 Å². The van der Waals surface area contributed by atoms with Crippen LogP contribution in [0, 0.1) is 11.8 Å². The molecule has 0 bridgehead atoms. The van der Waals surface area contributed by atoms with Crippen LogP contribution in [0.15, 0.2) is 0 Å². The minimum absolute atomic E-state index is 0.00422.